The van der Waals surface area contributed by atoms with E-state index in [-0.39, 0.29) is 5.97 Å². The molecule has 1 rings (SSSR count). The molecule has 0 fully saturated rings. The molecule has 0 spiro atoms. The Bertz CT molecular complexity index is 329. The minimum Gasteiger partial charge on any atom is -0.464 e. The maximum Gasteiger partial charge on any atom is 0.324 e. The average Bonchev–Trinajstić information content (AvgIpc) is 2.37. The average molecular weight is 256 g/mol. The molecule has 0 amide bonds. The number of ether oxygens (including phenoxy) is 1. The van der Waals surface area contributed by atoms with Crippen LogP contribution in [0.15, 0.2) is 30.3 Å². The fraction of sp³-hybridized carbons (Fsp3) is 0.462. The zero-order valence-electron chi connectivity index (χ0n) is 9.99. The zero-order valence-corrected chi connectivity index (χ0v) is 10.7. The molecule has 0 bridgehead atoms. The first kappa shape index (κ1) is 14.0. The Hall–Kier alpha value is -1.06. The molecule has 17 heavy (non-hydrogen) atoms. The Balaban J connectivity index is 2.45. The van der Waals surface area contributed by atoms with Gasteiger partial charge < -0.3 is 4.74 Å². The largest absolute Gasteiger partial charge is 0.464 e. The summed E-state index contributed by atoms with van der Waals surface area (Å²) in [5.41, 5.74) is 1.05. The molecule has 94 valence electrons. The number of unbranched alkanes of at least 4 members (excludes halogenated alkanes) is 1. The number of carbonyl (C=O) groups is 1. The first-order chi connectivity index (χ1) is 8.27. The Labute approximate surface area is 107 Å². The maximum absolute atomic E-state index is 11.7. The molecule has 0 radical (unpaired) electrons. The number of halogens is 1. The van der Waals surface area contributed by atoms with Gasteiger partial charge in [-0.15, -0.1) is 0 Å². The molecular formula is C13H18ClNO2. The molecule has 0 saturated carbocycles. The van der Waals surface area contributed by atoms with Crippen molar-refractivity contribution in [3.8, 4) is 0 Å². The van der Waals surface area contributed by atoms with E-state index in [0.29, 0.717) is 13.0 Å². The van der Waals surface area contributed by atoms with Gasteiger partial charge in [0.05, 0.1) is 6.61 Å². The lowest BCUT2D eigenvalue weighted by Crippen LogP contribution is -2.34. The predicted molar refractivity (Wildman–Crippen MR) is 68.8 cm³/mol. The summed E-state index contributed by atoms with van der Waals surface area (Å²) in [5, 5.41) is 0. The van der Waals surface area contributed by atoms with Crippen molar-refractivity contribution in [3.05, 3.63) is 35.9 Å². The highest BCUT2D eigenvalue weighted by atomic mass is 35.5. The van der Waals surface area contributed by atoms with Crippen molar-refractivity contribution in [1.82, 2.24) is 4.84 Å². The summed E-state index contributed by atoms with van der Waals surface area (Å²) in [7, 11) is 0. The van der Waals surface area contributed by atoms with Crippen molar-refractivity contribution in [3.63, 3.8) is 0 Å². The summed E-state index contributed by atoms with van der Waals surface area (Å²) in [6, 6.07) is 9.23. The first-order valence-corrected chi connectivity index (χ1v) is 6.22. The number of nitrogens with one attached hydrogen (secondary N) is 1. The Morgan fingerprint density at radius 2 is 2.12 bits per heavy atom. The molecule has 1 N–H and O–H groups in total. The molecule has 0 aliphatic rings. The van der Waals surface area contributed by atoms with Crippen molar-refractivity contribution in [2.45, 2.75) is 32.2 Å². The van der Waals surface area contributed by atoms with Crippen LogP contribution in [0, 0.1) is 0 Å². The van der Waals surface area contributed by atoms with Gasteiger partial charge in [0.1, 0.15) is 6.04 Å². The lowest BCUT2D eigenvalue weighted by molar-refractivity contribution is -0.145. The fourth-order valence-corrected chi connectivity index (χ4v) is 1.60. The molecule has 0 unspecified atom stereocenters. The van der Waals surface area contributed by atoms with Gasteiger partial charge in [0.25, 0.3) is 0 Å². The predicted octanol–water partition coefficient (Wildman–Crippen LogP) is 2.68. The standard InChI is InChI=1S/C13H18ClNO2/c1-2-3-9-17-13(16)12(15-14)10-11-7-5-4-6-8-11/h4-8,12,15H,2-3,9-10H2,1H3/t12-/m0/s1. The number of hydrogen-bond donors (Lipinski definition) is 1. The number of carbonyl (C=O) groups excluding carboxylic acids is 1. The molecule has 4 heteroatoms. The summed E-state index contributed by atoms with van der Waals surface area (Å²) in [6.07, 6.45) is 2.42. The van der Waals surface area contributed by atoms with E-state index in [1.54, 1.807) is 0 Å². The highest BCUT2D eigenvalue weighted by molar-refractivity contribution is 6.14. The summed E-state index contributed by atoms with van der Waals surface area (Å²) < 4.78 is 5.12. The van der Waals surface area contributed by atoms with Gasteiger partial charge in [-0.2, -0.15) is 0 Å². The lowest BCUT2D eigenvalue weighted by atomic mass is 10.1. The molecule has 1 aromatic rings. The van der Waals surface area contributed by atoms with Crippen molar-refractivity contribution in [1.29, 1.82) is 0 Å². The minimum atomic E-state index is -0.490. The smallest absolute Gasteiger partial charge is 0.324 e. The van der Waals surface area contributed by atoms with Crippen LogP contribution in [0.2, 0.25) is 0 Å². The van der Waals surface area contributed by atoms with Crippen LogP contribution >= 0.6 is 11.8 Å². The molecule has 0 aliphatic carbocycles. The summed E-state index contributed by atoms with van der Waals surface area (Å²) >= 11 is 5.57. The van der Waals surface area contributed by atoms with Crippen LogP contribution < -0.4 is 4.84 Å². The molecule has 0 saturated heterocycles. The quantitative estimate of drug-likeness (QED) is 0.463. The minimum absolute atomic E-state index is 0.294. The van der Waals surface area contributed by atoms with E-state index in [0.717, 1.165) is 18.4 Å². The normalized spacial score (nSPS) is 12.1. The number of benzene rings is 1. The van der Waals surface area contributed by atoms with Crippen LogP contribution in [0.1, 0.15) is 25.3 Å². The van der Waals surface area contributed by atoms with E-state index < -0.39 is 6.04 Å². The summed E-state index contributed by atoms with van der Waals surface area (Å²) in [4.78, 5) is 14.2. The second-order valence-electron chi connectivity index (χ2n) is 3.87. The second kappa shape index (κ2) is 8.09. The SMILES string of the molecule is CCCCOC(=O)[C@H](Cc1ccccc1)NCl. The van der Waals surface area contributed by atoms with Gasteiger partial charge in [-0.3, -0.25) is 4.79 Å². The van der Waals surface area contributed by atoms with Gasteiger partial charge in [-0.1, -0.05) is 43.7 Å². The van der Waals surface area contributed by atoms with Crippen LogP contribution in [0.25, 0.3) is 0 Å². The highest BCUT2D eigenvalue weighted by Crippen LogP contribution is 2.05. The summed E-state index contributed by atoms with van der Waals surface area (Å²) in [6.45, 7) is 2.51. The molecule has 0 heterocycles. The summed E-state index contributed by atoms with van der Waals surface area (Å²) in [5.74, 6) is -0.294. The molecule has 1 atom stereocenters. The van der Waals surface area contributed by atoms with Crippen LogP contribution in [-0.2, 0) is 16.0 Å². The van der Waals surface area contributed by atoms with Gasteiger partial charge >= 0.3 is 5.97 Å². The molecule has 0 aromatic heterocycles. The van der Waals surface area contributed by atoms with Crippen LogP contribution in [-0.4, -0.2) is 18.6 Å². The van der Waals surface area contributed by atoms with Gasteiger partial charge in [-0.25, -0.2) is 4.84 Å². The Kier molecular flexibility index (Phi) is 6.67. The van der Waals surface area contributed by atoms with Gasteiger partial charge in [0.2, 0.25) is 0 Å². The van der Waals surface area contributed by atoms with Gasteiger partial charge in [0.15, 0.2) is 0 Å². The lowest BCUT2D eigenvalue weighted by Gasteiger charge is -2.13. The Morgan fingerprint density at radius 3 is 2.71 bits per heavy atom. The van der Waals surface area contributed by atoms with E-state index in [1.807, 2.05) is 30.3 Å². The molecule has 1 aromatic carbocycles. The Morgan fingerprint density at radius 1 is 1.41 bits per heavy atom. The van der Waals surface area contributed by atoms with E-state index in [2.05, 4.69) is 11.8 Å². The van der Waals surface area contributed by atoms with Crippen molar-refractivity contribution in [2.24, 2.45) is 0 Å². The van der Waals surface area contributed by atoms with E-state index in [4.69, 9.17) is 16.5 Å². The monoisotopic (exact) mass is 255 g/mol. The van der Waals surface area contributed by atoms with Gasteiger partial charge in [-0.05, 0) is 30.2 Å². The third-order valence-electron chi connectivity index (χ3n) is 2.44. The van der Waals surface area contributed by atoms with E-state index in [1.165, 1.54) is 0 Å². The van der Waals surface area contributed by atoms with Crippen LogP contribution in [0.4, 0.5) is 0 Å². The van der Waals surface area contributed by atoms with Crippen molar-refractivity contribution >= 4 is 17.7 Å². The van der Waals surface area contributed by atoms with Crippen molar-refractivity contribution < 1.29 is 9.53 Å². The third kappa shape index (κ3) is 5.20. The second-order valence-corrected chi connectivity index (χ2v) is 4.09. The van der Waals surface area contributed by atoms with Crippen LogP contribution in [0.3, 0.4) is 0 Å². The van der Waals surface area contributed by atoms with Gasteiger partial charge in [0, 0.05) is 0 Å². The van der Waals surface area contributed by atoms with E-state index in [9.17, 15) is 4.79 Å². The topological polar surface area (TPSA) is 38.3 Å². The van der Waals surface area contributed by atoms with Crippen LogP contribution in [0.5, 0.6) is 0 Å². The van der Waals surface area contributed by atoms with E-state index >= 15 is 0 Å². The zero-order chi connectivity index (χ0) is 12.5. The number of hydrogen-bond acceptors (Lipinski definition) is 3. The number of esters is 1. The third-order valence-corrected chi connectivity index (χ3v) is 2.70. The highest BCUT2D eigenvalue weighted by Gasteiger charge is 2.19. The number of rotatable bonds is 7. The molecular weight excluding hydrogens is 238 g/mol. The van der Waals surface area contributed by atoms with Crippen molar-refractivity contribution in [2.75, 3.05) is 6.61 Å². The molecule has 0 aliphatic heterocycles. The maximum atomic E-state index is 11.7. The fourth-order valence-electron chi connectivity index (χ4n) is 1.43. The molecule has 3 nitrogen and oxygen atoms in total. The first-order valence-electron chi connectivity index (χ1n) is 5.84.